The molecule has 1 aliphatic rings. The first-order chi connectivity index (χ1) is 10.2. The number of rotatable bonds is 2. The van der Waals surface area contributed by atoms with Gasteiger partial charge in [-0.2, -0.15) is 0 Å². The van der Waals surface area contributed by atoms with Crippen LogP contribution in [0, 0.1) is 5.82 Å². The Morgan fingerprint density at radius 2 is 1.76 bits per heavy atom. The zero-order valence-corrected chi connectivity index (χ0v) is 12.3. The van der Waals surface area contributed by atoms with Crippen molar-refractivity contribution >= 4 is 5.69 Å². The number of hydrogen-bond acceptors (Lipinski definition) is 2. The van der Waals surface area contributed by atoms with E-state index in [2.05, 4.69) is 41.4 Å². The highest BCUT2D eigenvalue weighted by Gasteiger charge is 2.30. The minimum atomic E-state index is -0.183. The summed E-state index contributed by atoms with van der Waals surface area (Å²) in [6, 6.07) is 17.3. The van der Waals surface area contributed by atoms with Crippen molar-refractivity contribution < 1.29 is 4.39 Å². The average molecular weight is 284 g/mol. The summed E-state index contributed by atoms with van der Waals surface area (Å²) in [7, 11) is 0. The van der Waals surface area contributed by atoms with Gasteiger partial charge >= 0.3 is 0 Å². The van der Waals surface area contributed by atoms with E-state index in [1.54, 1.807) is 0 Å². The van der Waals surface area contributed by atoms with Gasteiger partial charge in [0.2, 0.25) is 0 Å². The summed E-state index contributed by atoms with van der Waals surface area (Å²) >= 11 is 0. The zero-order valence-electron chi connectivity index (χ0n) is 12.3. The predicted molar refractivity (Wildman–Crippen MR) is 85.0 cm³/mol. The smallest absolute Gasteiger partial charge is 0.123 e. The number of hydrogen-bond donors (Lipinski definition) is 1. The summed E-state index contributed by atoms with van der Waals surface area (Å²) < 4.78 is 13.1. The van der Waals surface area contributed by atoms with Gasteiger partial charge in [-0.05, 0) is 49.7 Å². The van der Waals surface area contributed by atoms with Crippen molar-refractivity contribution in [3.8, 4) is 0 Å². The first-order valence-corrected chi connectivity index (χ1v) is 7.48. The molecule has 1 saturated heterocycles. The molecule has 0 aliphatic carbocycles. The fourth-order valence-electron chi connectivity index (χ4n) is 3.02. The fourth-order valence-corrected chi connectivity index (χ4v) is 3.02. The maximum Gasteiger partial charge on any atom is 0.123 e. The van der Waals surface area contributed by atoms with Crippen molar-refractivity contribution in [2.45, 2.75) is 18.9 Å². The Hall–Kier alpha value is -1.87. The van der Waals surface area contributed by atoms with Crippen LogP contribution in [0.2, 0.25) is 0 Å². The van der Waals surface area contributed by atoms with E-state index in [1.165, 1.54) is 17.7 Å². The molecule has 1 unspecified atom stereocenters. The summed E-state index contributed by atoms with van der Waals surface area (Å²) in [6.07, 6.45) is 1.08. The van der Waals surface area contributed by atoms with Gasteiger partial charge in [0.25, 0.3) is 0 Å². The van der Waals surface area contributed by atoms with Gasteiger partial charge in [-0.25, -0.2) is 4.39 Å². The number of anilines is 1. The van der Waals surface area contributed by atoms with Crippen molar-refractivity contribution in [3.63, 3.8) is 0 Å². The molecule has 1 fully saturated rings. The van der Waals surface area contributed by atoms with Crippen molar-refractivity contribution in [3.05, 3.63) is 66.0 Å². The van der Waals surface area contributed by atoms with Crippen LogP contribution in [0.3, 0.4) is 0 Å². The third-order valence-electron chi connectivity index (χ3n) is 4.23. The first-order valence-electron chi connectivity index (χ1n) is 7.48. The van der Waals surface area contributed by atoms with Crippen molar-refractivity contribution in [2.24, 2.45) is 0 Å². The van der Waals surface area contributed by atoms with E-state index in [9.17, 15) is 4.39 Å². The fraction of sp³-hybridized carbons (Fsp3) is 0.333. The molecule has 3 heteroatoms. The van der Waals surface area contributed by atoms with Crippen LogP contribution in [-0.4, -0.2) is 19.6 Å². The van der Waals surface area contributed by atoms with E-state index in [-0.39, 0.29) is 11.4 Å². The number of nitrogens with zero attached hydrogens (tertiary/aromatic N) is 1. The van der Waals surface area contributed by atoms with Crippen LogP contribution >= 0.6 is 0 Å². The Kier molecular flexibility index (Phi) is 3.93. The average Bonchev–Trinajstić information content (AvgIpc) is 2.72. The minimum Gasteiger partial charge on any atom is -0.369 e. The lowest BCUT2D eigenvalue weighted by Crippen LogP contribution is -2.46. The van der Waals surface area contributed by atoms with Crippen LogP contribution < -0.4 is 10.2 Å². The molecular weight excluding hydrogens is 263 g/mol. The molecule has 21 heavy (non-hydrogen) atoms. The summed E-state index contributed by atoms with van der Waals surface area (Å²) in [4.78, 5) is 2.34. The van der Waals surface area contributed by atoms with Crippen LogP contribution in [0.1, 0.15) is 18.9 Å². The van der Waals surface area contributed by atoms with E-state index in [4.69, 9.17) is 0 Å². The third-order valence-corrected chi connectivity index (χ3v) is 4.23. The van der Waals surface area contributed by atoms with E-state index in [0.29, 0.717) is 0 Å². The lowest BCUT2D eigenvalue weighted by Gasteiger charge is -2.35. The van der Waals surface area contributed by atoms with Crippen LogP contribution in [0.5, 0.6) is 0 Å². The quantitative estimate of drug-likeness (QED) is 0.907. The summed E-state index contributed by atoms with van der Waals surface area (Å²) in [5.74, 6) is -0.183. The molecule has 1 N–H and O–H groups in total. The molecule has 0 spiro atoms. The molecule has 0 amide bonds. The standard InChI is InChI=1S/C18H21FN2/c1-18(15-6-3-2-4-7-15)14-21(13-5-12-20-18)17-10-8-16(19)9-11-17/h2-4,6-11,20H,5,12-14H2,1H3. The van der Waals surface area contributed by atoms with E-state index in [0.717, 1.165) is 31.7 Å². The molecule has 0 radical (unpaired) electrons. The van der Waals surface area contributed by atoms with Gasteiger partial charge in [0.15, 0.2) is 0 Å². The molecule has 2 nitrogen and oxygen atoms in total. The summed E-state index contributed by atoms with van der Waals surface area (Å²) in [5, 5.41) is 3.67. The molecule has 0 saturated carbocycles. The predicted octanol–water partition coefficient (Wildman–Crippen LogP) is 3.54. The highest BCUT2D eigenvalue weighted by atomic mass is 19.1. The molecule has 110 valence electrons. The Balaban J connectivity index is 1.88. The Morgan fingerprint density at radius 1 is 1.05 bits per heavy atom. The zero-order chi connectivity index (χ0) is 14.7. The molecular formula is C18H21FN2. The number of benzene rings is 2. The van der Waals surface area contributed by atoms with Crippen LogP contribution in [0.4, 0.5) is 10.1 Å². The largest absolute Gasteiger partial charge is 0.369 e. The molecule has 3 rings (SSSR count). The molecule has 1 atom stereocenters. The second kappa shape index (κ2) is 5.86. The lowest BCUT2D eigenvalue weighted by atomic mass is 9.91. The molecule has 2 aromatic carbocycles. The second-order valence-corrected chi connectivity index (χ2v) is 5.88. The van der Waals surface area contributed by atoms with Crippen LogP contribution in [-0.2, 0) is 5.54 Å². The summed E-state index contributed by atoms with van der Waals surface area (Å²) in [5.41, 5.74) is 2.29. The minimum absolute atomic E-state index is 0.0911. The van der Waals surface area contributed by atoms with Gasteiger partial charge < -0.3 is 10.2 Å². The van der Waals surface area contributed by atoms with E-state index < -0.39 is 0 Å². The molecule has 0 bridgehead atoms. The van der Waals surface area contributed by atoms with Crippen molar-refractivity contribution in [1.82, 2.24) is 5.32 Å². The third kappa shape index (κ3) is 3.08. The van der Waals surface area contributed by atoms with Crippen molar-refractivity contribution in [2.75, 3.05) is 24.5 Å². The first kappa shape index (κ1) is 14.1. The topological polar surface area (TPSA) is 15.3 Å². The summed E-state index contributed by atoms with van der Waals surface area (Å²) in [6.45, 7) is 5.09. The van der Waals surface area contributed by atoms with Crippen LogP contribution in [0.15, 0.2) is 54.6 Å². The van der Waals surface area contributed by atoms with Gasteiger partial charge in [-0.15, -0.1) is 0 Å². The molecule has 0 aromatic heterocycles. The van der Waals surface area contributed by atoms with Gasteiger partial charge in [0.1, 0.15) is 5.82 Å². The van der Waals surface area contributed by atoms with Gasteiger partial charge in [-0.3, -0.25) is 0 Å². The number of halogens is 1. The van der Waals surface area contributed by atoms with Gasteiger partial charge in [0, 0.05) is 18.8 Å². The normalized spacial score (nSPS) is 22.9. The monoisotopic (exact) mass is 284 g/mol. The molecule has 2 aromatic rings. The van der Waals surface area contributed by atoms with E-state index >= 15 is 0 Å². The van der Waals surface area contributed by atoms with Crippen molar-refractivity contribution in [1.29, 1.82) is 0 Å². The maximum absolute atomic E-state index is 13.1. The molecule has 1 heterocycles. The highest BCUT2D eigenvalue weighted by Crippen LogP contribution is 2.27. The number of nitrogens with one attached hydrogen (secondary N) is 1. The Labute approximate surface area is 125 Å². The van der Waals surface area contributed by atoms with E-state index in [1.807, 2.05) is 18.2 Å². The maximum atomic E-state index is 13.1. The second-order valence-electron chi connectivity index (χ2n) is 5.88. The Bertz CT molecular complexity index is 582. The van der Waals surface area contributed by atoms with Crippen LogP contribution in [0.25, 0.3) is 0 Å². The lowest BCUT2D eigenvalue weighted by molar-refractivity contribution is 0.392. The molecule has 1 aliphatic heterocycles. The van der Waals surface area contributed by atoms with Gasteiger partial charge in [0.05, 0.1) is 5.54 Å². The highest BCUT2D eigenvalue weighted by molar-refractivity contribution is 5.47. The van der Waals surface area contributed by atoms with Gasteiger partial charge in [-0.1, -0.05) is 30.3 Å². The SMILES string of the molecule is CC1(c2ccccc2)CN(c2ccc(F)cc2)CCCN1. The Morgan fingerprint density at radius 3 is 2.48 bits per heavy atom.